The average molecular weight is 232 g/mol. The quantitative estimate of drug-likeness (QED) is 0.684. The summed E-state index contributed by atoms with van der Waals surface area (Å²) < 4.78 is 4.71. The Morgan fingerprint density at radius 2 is 2.47 bits per heavy atom. The molecule has 1 atom stereocenters. The lowest BCUT2D eigenvalue weighted by Crippen LogP contribution is -2.24. The van der Waals surface area contributed by atoms with Crippen molar-refractivity contribution in [2.45, 2.75) is 6.42 Å². The van der Waals surface area contributed by atoms with Crippen LogP contribution < -0.4 is 4.90 Å². The van der Waals surface area contributed by atoms with Crippen LogP contribution in [-0.2, 0) is 9.53 Å². The van der Waals surface area contributed by atoms with Gasteiger partial charge >= 0.3 is 5.97 Å². The number of anilines is 1. The second-order valence-electron chi connectivity index (χ2n) is 3.83. The summed E-state index contributed by atoms with van der Waals surface area (Å²) in [5.74, 6) is 0.380. The summed E-state index contributed by atoms with van der Waals surface area (Å²) >= 11 is 0. The van der Waals surface area contributed by atoms with E-state index in [-0.39, 0.29) is 11.9 Å². The number of esters is 1. The highest BCUT2D eigenvalue weighted by Gasteiger charge is 2.29. The predicted molar refractivity (Wildman–Crippen MR) is 59.1 cm³/mol. The van der Waals surface area contributed by atoms with E-state index >= 15 is 0 Å². The number of carbonyl (C=O) groups is 1. The lowest BCUT2D eigenvalue weighted by atomic mass is 10.1. The Kier molecular flexibility index (Phi) is 3.19. The Morgan fingerprint density at radius 1 is 1.65 bits per heavy atom. The van der Waals surface area contributed by atoms with Gasteiger partial charge in [-0.25, -0.2) is 9.97 Å². The third-order valence-electron chi connectivity index (χ3n) is 2.81. The summed E-state index contributed by atoms with van der Waals surface area (Å²) in [7, 11) is 1.39. The van der Waals surface area contributed by atoms with Gasteiger partial charge in [0.15, 0.2) is 0 Å². The molecule has 0 bridgehead atoms. The van der Waals surface area contributed by atoms with Gasteiger partial charge in [0, 0.05) is 19.2 Å². The van der Waals surface area contributed by atoms with Gasteiger partial charge < -0.3 is 9.64 Å². The zero-order chi connectivity index (χ0) is 12.3. The number of carbonyl (C=O) groups excluding carboxylic acids is 1. The number of aromatic nitrogens is 2. The van der Waals surface area contributed by atoms with Gasteiger partial charge in [0.05, 0.1) is 13.0 Å². The Hall–Kier alpha value is -2.16. The first kappa shape index (κ1) is 11.3. The van der Waals surface area contributed by atoms with Crippen molar-refractivity contribution in [1.82, 2.24) is 9.97 Å². The molecule has 1 saturated heterocycles. The Balaban J connectivity index is 2.10. The van der Waals surface area contributed by atoms with Crippen molar-refractivity contribution in [2.75, 3.05) is 25.1 Å². The lowest BCUT2D eigenvalue weighted by molar-refractivity contribution is -0.144. The van der Waals surface area contributed by atoms with Crippen LogP contribution in [0.3, 0.4) is 0 Å². The highest BCUT2D eigenvalue weighted by Crippen LogP contribution is 2.22. The predicted octanol–water partition coefficient (Wildman–Crippen LogP) is 0.348. The van der Waals surface area contributed by atoms with E-state index in [2.05, 4.69) is 9.97 Å². The minimum absolute atomic E-state index is 0.111. The molecule has 6 heteroatoms. The maximum Gasteiger partial charge on any atom is 0.310 e. The molecule has 0 spiro atoms. The maximum atomic E-state index is 11.4. The normalized spacial score (nSPS) is 18.8. The van der Waals surface area contributed by atoms with Crippen LogP contribution in [0.5, 0.6) is 0 Å². The van der Waals surface area contributed by atoms with Gasteiger partial charge in [-0.05, 0) is 6.42 Å². The molecule has 0 saturated carbocycles. The molecule has 1 aromatic rings. The fourth-order valence-electron chi connectivity index (χ4n) is 1.91. The molecule has 1 fully saturated rings. The maximum absolute atomic E-state index is 11.4. The van der Waals surface area contributed by atoms with Crippen molar-refractivity contribution in [3.8, 4) is 6.07 Å². The topological polar surface area (TPSA) is 79.1 Å². The molecule has 0 amide bonds. The smallest absolute Gasteiger partial charge is 0.310 e. The molecule has 0 radical (unpaired) electrons. The van der Waals surface area contributed by atoms with Crippen LogP contribution >= 0.6 is 0 Å². The largest absolute Gasteiger partial charge is 0.469 e. The molecule has 1 aromatic heterocycles. The SMILES string of the molecule is COC(=O)[C@@H]1CCN(c2cc(C#N)ncn2)C1. The summed E-state index contributed by atoms with van der Waals surface area (Å²) in [6.07, 6.45) is 2.11. The van der Waals surface area contributed by atoms with E-state index < -0.39 is 0 Å². The van der Waals surface area contributed by atoms with Crippen LogP contribution in [0.25, 0.3) is 0 Å². The molecule has 0 N–H and O–H groups in total. The molecule has 2 rings (SSSR count). The van der Waals surface area contributed by atoms with Crippen molar-refractivity contribution < 1.29 is 9.53 Å². The third-order valence-corrected chi connectivity index (χ3v) is 2.81. The van der Waals surface area contributed by atoms with Gasteiger partial charge in [0.2, 0.25) is 0 Å². The number of nitrogens with zero attached hydrogens (tertiary/aromatic N) is 4. The van der Waals surface area contributed by atoms with Crippen LogP contribution in [0.2, 0.25) is 0 Å². The van der Waals surface area contributed by atoms with E-state index in [1.807, 2.05) is 11.0 Å². The highest BCUT2D eigenvalue weighted by molar-refractivity contribution is 5.74. The Bertz CT molecular complexity index is 469. The van der Waals surface area contributed by atoms with Crippen LogP contribution in [0, 0.1) is 17.2 Å². The van der Waals surface area contributed by atoms with Crippen LogP contribution in [0.4, 0.5) is 5.82 Å². The van der Waals surface area contributed by atoms with Crippen molar-refractivity contribution in [3.05, 3.63) is 18.1 Å². The first-order valence-electron chi connectivity index (χ1n) is 5.29. The summed E-state index contributed by atoms with van der Waals surface area (Å²) in [4.78, 5) is 21.3. The molecule has 0 aliphatic carbocycles. The van der Waals surface area contributed by atoms with Gasteiger partial charge in [-0.15, -0.1) is 0 Å². The summed E-state index contributed by atoms with van der Waals surface area (Å²) in [5.41, 5.74) is 0.330. The molecule has 88 valence electrons. The molecule has 1 aliphatic rings. The molecule has 6 nitrogen and oxygen atoms in total. The van der Waals surface area contributed by atoms with Gasteiger partial charge in [-0.1, -0.05) is 0 Å². The van der Waals surface area contributed by atoms with Crippen molar-refractivity contribution in [3.63, 3.8) is 0 Å². The monoisotopic (exact) mass is 232 g/mol. The number of hydrogen-bond donors (Lipinski definition) is 0. The van der Waals surface area contributed by atoms with E-state index in [1.165, 1.54) is 13.4 Å². The van der Waals surface area contributed by atoms with Gasteiger partial charge in [-0.3, -0.25) is 4.79 Å². The molecular formula is C11H12N4O2. The molecule has 2 heterocycles. The van der Waals surface area contributed by atoms with E-state index in [1.54, 1.807) is 6.07 Å². The van der Waals surface area contributed by atoms with Crippen molar-refractivity contribution >= 4 is 11.8 Å². The standard InChI is InChI=1S/C11H12N4O2/c1-17-11(16)8-2-3-15(6-8)10-4-9(5-12)13-7-14-10/h4,7-8H,2-3,6H2,1H3/t8-/m1/s1. The van der Waals surface area contributed by atoms with Gasteiger partial charge in [0.1, 0.15) is 23.9 Å². The van der Waals surface area contributed by atoms with Crippen LogP contribution in [0.15, 0.2) is 12.4 Å². The summed E-state index contributed by atoms with van der Waals surface area (Å²) in [6, 6.07) is 3.59. The fourth-order valence-corrected chi connectivity index (χ4v) is 1.91. The molecule has 0 unspecified atom stereocenters. The minimum atomic E-state index is -0.193. The summed E-state index contributed by atoms with van der Waals surface area (Å²) in [5, 5.41) is 8.75. The number of methoxy groups -OCH3 is 1. The van der Waals surface area contributed by atoms with E-state index in [0.29, 0.717) is 18.1 Å². The molecule has 1 aliphatic heterocycles. The first-order chi connectivity index (χ1) is 8.24. The van der Waals surface area contributed by atoms with Crippen molar-refractivity contribution in [2.24, 2.45) is 5.92 Å². The van der Waals surface area contributed by atoms with Gasteiger partial charge in [-0.2, -0.15) is 5.26 Å². The second kappa shape index (κ2) is 4.78. The summed E-state index contributed by atoms with van der Waals surface area (Å²) in [6.45, 7) is 1.32. The van der Waals surface area contributed by atoms with Crippen LogP contribution in [0.1, 0.15) is 12.1 Å². The first-order valence-corrected chi connectivity index (χ1v) is 5.29. The van der Waals surface area contributed by atoms with E-state index in [0.717, 1.165) is 13.0 Å². The number of hydrogen-bond acceptors (Lipinski definition) is 6. The zero-order valence-corrected chi connectivity index (χ0v) is 9.46. The number of ether oxygens (including phenoxy) is 1. The fraction of sp³-hybridized carbons (Fsp3) is 0.455. The van der Waals surface area contributed by atoms with E-state index in [4.69, 9.17) is 10.00 Å². The third kappa shape index (κ3) is 2.33. The minimum Gasteiger partial charge on any atom is -0.469 e. The zero-order valence-electron chi connectivity index (χ0n) is 9.46. The number of nitriles is 1. The van der Waals surface area contributed by atoms with Gasteiger partial charge in [0.25, 0.3) is 0 Å². The second-order valence-corrected chi connectivity index (χ2v) is 3.83. The highest BCUT2D eigenvalue weighted by atomic mass is 16.5. The average Bonchev–Trinajstić information content (AvgIpc) is 2.87. The van der Waals surface area contributed by atoms with E-state index in [9.17, 15) is 4.79 Å². The lowest BCUT2D eigenvalue weighted by Gasteiger charge is -2.16. The molecule has 0 aromatic carbocycles. The van der Waals surface area contributed by atoms with Crippen LogP contribution in [-0.4, -0.2) is 36.1 Å². The Labute approximate surface area is 98.8 Å². The molecule has 17 heavy (non-hydrogen) atoms. The molecular weight excluding hydrogens is 220 g/mol. The Morgan fingerprint density at radius 3 is 3.18 bits per heavy atom. The van der Waals surface area contributed by atoms with Crippen molar-refractivity contribution in [1.29, 1.82) is 5.26 Å². The number of rotatable bonds is 2.